The van der Waals surface area contributed by atoms with Crippen LogP contribution in [-0.2, 0) is 32.7 Å². The van der Waals surface area contributed by atoms with Crippen LogP contribution >= 0.6 is 0 Å². The van der Waals surface area contributed by atoms with E-state index in [2.05, 4.69) is 5.16 Å². The third kappa shape index (κ3) is 11.5. The predicted octanol–water partition coefficient (Wildman–Crippen LogP) is 2.53. The van der Waals surface area contributed by atoms with Crippen molar-refractivity contribution in [3.05, 3.63) is 40.5 Å². The van der Waals surface area contributed by atoms with Gasteiger partial charge >= 0.3 is 0 Å². The molecule has 0 aliphatic rings. The number of aromatic nitrogens is 1. The summed E-state index contributed by atoms with van der Waals surface area (Å²) in [6.45, 7) is 4.00. The van der Waals surface area contributed by atoms with Crippen LogP contribution in [0, 0.1) is 10.4 Å². The van der Waals surface area contributed by atoms with E-state index in [9.17, 15) is 10.4 Å². The number of rotatable bonds is 1. The van der Waals surface area contributed by atoms with E-state index in [-0.39, 0.29) is 47.6 Å². The van der Waals surface area contributed by atoms with Gasteiger partial charge in [-0.1, -0.05) is 28.7 Å². The summed E-state index contributed by atoms with van der Waals surface area (Å²) in [5.41, 5.74) is 0.627. The van der Waals surface area contributed by atoms with E-state index in [1.807, 2.05) is 13.8 Å². The smallest absolute Gasteiger partial charge is 0.181 e. The van der Waals surface area contributed by atoms with Gasteiger partial charge in [-0.3, -0.25) is 0 Å². The Labute approximate surface area is 117 Å². The van der Waals surface area contributed by atoms with Gasteiger partial charge in [-0.05, 0) is 0 Å². The van der Waals surface area contributed by atoms with Crippen LogP contribution in [0.1, 0.15) is 34.3 Å². The first-order valence-electron chi connectivity index (χ1n) is 3.67. The monoisotopic (exact) mass is 288 g/mol. The van der Waals surface area contributed by atoms with Crippen molar-refractivity contribution in [1.29, 1.82) is 0 Å². The standard InChI is InChI=1S/C6H6N2O2.C2H6.2CH4.Y/c9-7-5-6-1-3-8(10)4-2-6;1-2;;;/h1-5,9H;1-2H3;2*1H4;/p-1/b7-5+;;;;. The van der Waals surface area contributed by atoms with Crippen molar-refractivity contribution >= 4 is 6.21 Å². The van der Waals surface area contributed by atoms with E-state index < -0.39 is 0 Å². The number of nitrogens with zero attached hydrogens (tertiary/aromatic N) is 2. The Bertz CT molecular complexity index is 238. The van der Waals surface area contributed by atoms with Crippen LogP contribution in [0.2, 0.25) is 0 Å². The zero-order chi connectivity index (χ0) is 9.40. The Kier molecular flexibility index (Phi) is 25.5. The van der Waals surface area contributed by atoms with Crippen LogP contribution in [0.4, 0.5) is 0 Å². The van der Waals surface area contributed by atoms with Crippen LogP contribution in [0.3, 0.4) is 0 Å². The summed E-state index contributed by atoms with van der Waals surface area (Å²) < 4.78 is 0.641. The van der Waals surface area contributed by atoms with Gasteiger partial charge in [0.25, 0.3) is 0 Å². The largest absolute Gasteiger partial charge is 0.792 e. The van der Waals surface area contributed by atoms with E-state index in [0.717, 1.165) is 6.21 Å². The van der Waals surface area contributed by atoms with Crippen molar-refractivity contribution in [1.82, 2.24) is 0 Å². The van der Waals surface area contributed by atoms with E-state index in [1.165, 1.54) is 24.5 Å². The number of hydrogen-bond acceptors (Lipinski definition) is 3. The Morgan fingerprint density at radius 3 is 1.93 bits per heavy atom. The fourth-order valence-corrected chi connectivity index (χ4v) is 0.571. The SMILES string of the molecule is C.C.CC.[O-]/N=C/c1cc[n+]([O-])cc1.[Y]. The fraction of sp³-hybridized carbons (Fsp3) is 0.400. The molecule has 0 fully saturated rings. The van der Waals surface area contributed by atoms with Gasteiger partial charge in [0.1, 0.15) is 0 Å². The maximum absolute atomic E-state index is 10.4. The van der Waals surface area contributed by atoms with Gasteiger partial charge in [-0.25, -0.2) is 0 Å². The summed E-state index contributed by atoms with van der Waals surface area (Å²) in [5.74, 6) is 0. The first-order chi connectivity index (χ1) is 5.83. The molecule has 85 valence electrons. The summed E-state index contributed by atoms with van der Waals surface area (Å²) in [7, 11) is 0. The minimum Gasteiger partial charge on any atom is -0.792 e. The predicted molar refractivity (Wildman–Crippen MR) is 61.2 cm³/mol. The van der Waals surface area contributed by atoms with Gasteiger partial charge in [0, 0.05) is 56.6 Å². The molecule has 0 aromatic carbocycles. The molecule has 0 atom stereocenters. The molecule has 1 aromatic heterocycles. The Morgan fingerprint density at radius 1 is 1.20 bits per heavy atom. The van der Waals surface area contributed by atoms with E-state index in [0.29, 0.717) is 10.3 Å². The van der Waals surface area contributed by atoms with Crippen LogP contribution in [0.25, 0.3) is 0 Å². The second kappa shape index (κ2) is 16.0. The average Bonchev–Trinajstić information content (AvgIpc) is 2.13. The molecule has 1 rings (SSSR count). The van der Waals surface area contributed by atoms with E-state index in [1.54, 1.807) is 0 Å². The van der Waals surface area contributed by atoms with Crippen molar-refractivity contribution in [2.75, 3.05) is 0 Å². The van der Waals surface area contributed by atoms with Crippen LogP contribution in [0.5, 0.6) is 0 Å². The quantitative estimate of drug-likeness (QED) is 0.345. The maximum Gasteiger partial charge on any atom is 0.181 e. The Morgan fingerprint density at radius 2 is 1.60 bits per heavy atom. The van der Waals surface area contributed by atoms with Crippen molar-refractivity contribution in [2.45, 2.75) is 28.7 Å². The number of pyridine rings is 1. The molecule has 5 heteroatoms. The zero-order valence-corrected chi connectivity index (χ0v) is 10.5. The first-order valence-corrected chi connectivity index (χ1v) is 3.67. The zero-order valence-electron chi connectivity index (χ0n) is 7.68. The van der Waals surface area contributed by atoms with Gasteiger partial charge in [-0.2, -0.15) is 4.73 Å². The van der Waals surface area contributed by atoms with E-state index >= 15 is 0 Å². The molecule has 0 amide bonds. The van der Waals surface area contributed by atoms with Gasteiger partial charge in [0.2, 0.25) is 0 Å². The minimum absolute atomic E-state index is 0. The summed E-state index contributed by atoms with van der Waals surface area (Å²) in [6, 6.07) is 3.02. The molecular weight excluding hydrogens is 269 g/mol. The summed E-state index contributed by atoms with van der Waals surface area (Å²) in [5, 5.41) is 22.6. The van der Waals surface area contributed by atoms with Crippen molar-refractivity contribution in [2.24, 2.45) is 5.16 Å². The second-order valence-corrected chi connectivity index (χ2v) is 1.73. The topological polar surface area (TPSA) is 62.4 Å². The molecule has 0 aliphatic carbocycles. The molecule has 0 spiro atoms. The molecule has 0 bridgehead atoms. The molecular formula is C10H19N2O2Y-. The van der Waals surface area contributed by atoms with Crippen LogP contribution < -0.4 is 4.73 Å². The fourth-order valence-electron chi connectivity index (χ4n) is 0.571. The molecule has 4 nitrogen and oxygen atoms in total. The molecule has 0 aliphatic heterocycles. The summed E-state index contributed by atoms with van der Waals surface area (Å²) in [4.78, 5) is 0. The minimum atomic E-state index is 0. The third-order valence-corrected chi connectivity index (χ3v) is 1.03. The van der Waals surface area contributed by atoms with Gasteiger partial charge in [0.05, 0.1) is 0 Å². The Balaban J connectivity index is -0.000000114. The first kappa shape index (κ1) is 24.0. The normalized spacial score (nSPS) is 7.33. The van der Waals surface area contributed by atoms with Crippen molar-refractivity contribution in [3.8, 4) is 0 Å². The second-order valence-electron chi connectivity index (χ2n) is 1.73. The number of hydrogen-bond donors (Lipinski definition) is 0. The van der Waals surface area contributed by atoms with E-state index in [4.69, 9.17) is 0 Å². The average molecular weight is 288 g/mol. The molecule has 1 heterocycles. The molecule has 0 unspecified atom stereocenters. The molecule has 1 aromatic rings. The summed E-state index contributed by atoms with van der Waals surface area (Å²) >= 11 is 0. The van der Waals surface area contributed by atoms with Crippen molar-refractivity contribution < 1.29 is 37.4 Å². The maximum atomic E-state index is 10.4. The van der Waals surface area contributed by atoms with Gasteiger partial charge in [0.15, 0.2) is 12.4 Å². The molecule has 1 radical (unpaired) electrons. The van der Waals surface area contributed by atoms with Gasteiger partial charge in [-0.15, -0.1) is 0 Å². The van der Waals surface area contributed by atoms with Crippen LogP contribution in [0.15, 0.2) is 29.7 Å². The van der Waals surface area contributed by atoms with Gasteiger partial charge < -0.3 is 15.6 Å². The Hall–Kier alpha value is -0.476. The molecule has 0 saturated heterocycles. The molecule has 15 heavy (non-hydrogen) atoms. The van der Waals surface area contributed by atoms with Crippen LogP contribution in [-0.4, -0.2) is 6.21 Å². The molecule has 0 N–H and O–H groups in total. The third-order valence-electron chi connectivity index (χ3n) is 1.03. The summed E-state index contributed by atoms with van der Waals surface area (Å²) in [6.07, 6.45) is 3.74. The molecule has 0 saturated carbocycles. The van der Waals surface area contributed by atoms with Crippen molar-refractivity contribution in [3.63, 3.8) is 0 Å².